The van der Waals surface area contributed by atoms with Gasteiger partial charge >= 0.3 is 17.9 Å². The third-order valence-corrected chi connectivity index (χ3v) is 10.7. The van der Waals surface area contributed by atoms with Crippen molar-refractivity contribution >= 4 is 17.9 Å². The molecule has 54 heavy (non-hydrogen) atoms. The smallest absolute Gasteiger partial charge is 0.306 e. The molecule has 0 aliphatic heterocycles. The summed E-state index contributed by atoms with van der Waals surface area (Å²) in [7, 11) is 0. The molecule has 0 N–H and O–H groups in total. The van der Waals surface area contributed by atoms with Gasteiger partial charge in [0.05, 0.1) is 0 Å². The van der Waals surface area contributed by atoms with Gasteiger partial charge in [-0.3, -0.25) is 14.4 Å². The molecule has 0 heterocycles. The number of unbranched alkanes of at least 4 members (excludes halogenated alkanes) is 27. The number of carbonyl (C=O) groups excluding carboxylic acids is 3. The van der Waals surface area contributed by atoms with E-state index in [1.54, 1.807) is 0 Å². The predicted octanol–water partition coefficient (Wildman–Crippen LogP) is 15.0. The Balaban J connectivity index is 4.33. The monoisotopic (exact) mass is 765 g/mol. The van der Waals surface area contributed by atoms with Crippen LogP contribution in [0.25, 0.3) is 0 Å². The molecule has 6 heteroatoms. The first-order chi connectivity index (χ1) is 26.2. The second-order valence-corrected chi connectivity index (χ2v) is 17.3. The van der Waals surface area contributed by atoms with E-state index in [1.165, 1.54) is 148 Å². The highest BCUT2D eigenvalue weighted by Crippen LogP contribution is 2.17. The van der Waals surface area contributed by atoms with Crippen LogP contribution in [0.2, 0.25) is 0 Å². The molecule has 0 aromatic rings. The van der Waals surface area contributed by atoms with Crippen LogP contribution in [0.4, 0.5) is 0 Å². The van der Waals surface area contributed by atoms with Gasteiger partial charge in [0.25, 0.3) is 0 Å². The number of esters is 3. The molecule has 0 aromatic heterocycles. The van der Waals surface area contributed by atoms with E-state index in [9.17, 15) is 14.4 Å². The Labute approximate surface area is 336 Å². The lowest BCUT2D eigenvalue weighted by molar-refractivity contribution is -0.167. The Morgan fingerprint density at radius 3 is 0.907 bits per heavy atom. The van der Waals surface area contributed by atoms with E-state index >= 15 is 0 Å². The van der Waals surface area contributed by atoms with Crippen molar-refractivity contribution in [1.29, 1.82) is 0 Å². The van der Waals surface area contributed by atoms with Crippen molar-refractivity contribution in [2.75, 3.05) is 13.2 Å². The Bertz CT molecular complexity index is 824. The molecule has 320 valence electrons. The minimum Gasteiger partial charge on any atom is -0.462 e. The lowest BCUT2D eigenvalue weighted by Gasteiger charge is -2.18. The molecule has 0 aromatic carbocycles. The zero-order chi connectivity index (χ0) is 39.7. The van der Waals surface area contributed by atoms with Gasteiger partial charge in [0, 0.05) is 19.3 Å². The quantitative estimate of drug-likeness (QED) is 0.0350. The number of ether oxygens (including phenoxy) is 3. The fraction of sp³-hybridized carbons (Fsp3) is 0.938. The van der Waals surface area contributed by atoms with Crippen LogP contribution in [0.3, 0.4) is 0 Å². The molecule has 0 saturated heterocycles. The largest absolute Gasteiger partial charge is 0.462 e. The van der Waals surface area contributed by atoms with E-state index in [4.69, 9.17) is 14.2 Å². The minimum absolute atomic E-state index is 0.0649. The van der Waals surface area contributed by atoms with E-state index in [2.05, 4.69) is 34.6 Å². The summed E-state index contributed by atoms with van der Waals surface area (Å²) in [6, 6.07) is 0. The zero-order valence-corrected chi connectivity index (χ0v) is 36.8. The fourth-order valence-corrected chi connectivity index (χ4v) is 7.11. The second kappa shape index (κ2) is 41.1. The topological polar surface area (TPSA) is 78.9 Å². The molecule has 0 fully saturated rings. The van der Waals surface area contributed by atoms with Crippen LogP contribution in [0.15, 0.2) is 0 Å². The van der Waals surface area contributed by atoms with Gasteiger partial charge in [-0.05, 0) is 31.1 Å². The maximum Gasteiger partial charge on any atom is 0.306 e. The summed E-state index contributed by atoms with van der Waals surface area (Å²) in [5, 5.41) is 0. The van der Waals surface area contributed by atoms with Crippen LogP contribution in [-0.4, -0.2) is 37.2 Å². The molecule has 0 saturated carbocycles. The van der Waals surface area contributed by atoms with Crippen molar-refractivity contribution in [3.63, 3.8) is 0 Å². The lowest BCUT2D eigenvalue weighted by atomic mass is 10.0. The number of hydrogen-bond acceptors (Lipinski definition) is 6. The van der Waals surface area contributed by atoms with Crippen molar-refractivity contribution in [3.05, 3.63) is 0 Å². The molecule has 0 aliphatic rings. The van der Waals surface area contributed by atoms with Gasteiger partial charge < -0.3 is 14.2 Å². The Morgan fingerprint density at radius 1 is 0.352 bits per heavy atom. The second-order valence-electron chi connectivity index (χ2n) is 17.3. The first-order valence-electron chi connectivity index (χ1n) is 23.7. The molecule has 0 unspecified atom stereocenters. The highest BCUT2D eigenvalue weighted by atomic mass is 16.6. The van der Waals surface area contributed by atoms with Gasteiger partial charge in [-0.15, -0.1) is 0 Å². The number of hydrogen-bond donors (Lipinski definition) is 0. The molecule has 0 aliphatic carbocycles. The summed E-state index contributed by atoms with van der Waals surface area (Å²) in [6.07, 6.45) is 39.5. The number of carbonyl (C=O) groups is 3. The van der Waals surface area contributed by atoms with E-state index in [0.29, 0.717) is 19.3 Å². The predicted molar refractivity (Wildman–Crippen MR) is 229 cm³/mol. The van der Waals surface area contributed by atoms with E-state index in [-0.39, 0.29) is 31.1 Å². The first-order valence-corrected chi connectivity index (χ1v) is 23.7. The molecule has 0 rings (SSSR count). The molecular weight excluding hydrogens is 673 g/mol. The van der Waals surface area contributed by atoms with Gasteiger partial charge in [0.15, 0.2) is 6.10 Å². The molecule has 6 nitrogen and oxygen atoms in total. The zero-order valence-electron chi connectivity index (χ0n) is 36.8. The van der Waals surface area contributed by atoms with Crippen LogP contribution >= 0.6 is 0 Å². The lowest BCUT2D eigenvalue weighted by Crippen LogP contribution is -2.30. The molecule has 0 spiro atoms. The van der Waals surface area contributed by atoms with Gasteiger partial charge in [-0.2, -0.15) is 0 Å². The van der Waals surface area contributed by atoms with Crippen LogP contribution in [0.5, 0.6) is 0 Å². The standard InChI is InChI=1S/C48H92O6/c1-6-7-8-9-10-11-12-13-14-18-23-28-33-38-46(49)52-41-45(42-53-47(50)39-34-29-25-20-22-27-32-37-44(4)5)54-48(51)40-35-30-24-19-16-15-17-21-26-31-36-43(2)3/h43-45H,6-42H2,1-5H3/t45-/m0/s1. The molecule has 0 bridgehead atoms. The number of rotatable bonds is 42. The van der Waals surface area contributed by atoms with Gasteiger partial charge in [-0.25, -0.2) is 0 Å². The van der Waals surface area contributed by atoms with E-state index < -0.39 is 6.10 Å². The van der Waals surface area contributed by atoms with Gasteiger partial charge in [0.1, 0.15) is 13.2 Å². The average Bonchev–Trinajstić information content (AvgIpc) is 3.14. The maximum absolute atomic E-state index is 12.7. The Kier molecular flexibility index (Phi) is 39.8. The molecule has 0 amide bonds. The summed E-state index contributed by atoms with van der Waals surface area (Å²) in [5.41, 5.74) is 0. The first kappa shape index (κ1) is 52.4. The van der Waals surface area contributed by atoms with Crippen molar-refractivity contribution < 1.29 is 28.6 Å². The normalized spacial score (nSPS) is 12.1. The maximum atomic E-state index is 12.7. The summed E-state index contributed by atoms with van der Waals surface area (Å²) in [4.78, 5) is 37.7. The van der Waals surface area contributed by atoms with Crippen molar-refractivity contribution in [2.45, 2.75) is 265 Å². The third-order valence-electron chi connectivity index (χ3n) is 10.7. The Hall–Kier alpha value is -1.59. The van der Waals surface area contributed by atoms with Crippen LogP contribution in [0, 0.1) is 11.8 Å². The van der Waals surface area contributed by atoms with Crippen LogP contribution in [0.1, 0.15) is 259 Å². The van der Waals surface area contributed by atoms with Crippen LogP contribution < -0.4 is 0 Å². The summed E-state index contributed by atoms with van der Waals surface area (Å²) in [6.45, 7) is 11.3. The molecule has 1 atom stereocenters. The fourth-order valence-electron chi connectivity index (χ4n) is 7.11. The SMILES string of the molecule is CCCCCCCCCCCCCCCC(=O)OC[C@@H](COC(=O)CCCCCCCCCC(C)C)OC(=O)CCCCCCCCCCCCC(C)C. The highest BCUT2D eigenvalue weighted by Gasteiger charge is 2.19. The van der Waals surface area contributed by atoms with Crippen molar-refractivity contribution in [3.8, 4) is 0 Å². The Morgan fingerprint density at radius 2 is 0.611 bits per heavy atom. The summed E-state index contributed by atoms with van der Waals surface area (Å²) >= 11 is 0. The van der Waals surface area contributed by atoms with Gasteiger partial charge in [0.2, 0.25) is 0 Å². The summed E-state index contributed by atoms with van der Waals surface area (Å²) < 4.78 is 16.7. The van der Waals surface area contributed by atoms with Crippen molar-refractivity contribution in [2.24, 2.45) is 11.8 Å². The minimum atomic E-state index is -0.761. The molecule has 0 radical (unpaired) electrons. The van der Waals surface area contributed by atoms with E-state index in [1.807, 2.05) is 0 Å². The summed E-state index contributed by atoms with van der Waals surface area (Å²) in [5.74, 6) is 0.740. The van der Waals surface area contributed by atoms with Crippen LogP contribution in [-0.2, 0) is 28.6 Å². The van der Waals surface area contributed by atoms with Gasteiger partial charge in [-0.1, -0.05) is 221 Å². The average molecular weight is 765 g/mol. The highest BCUT2D eigenvalue weighted by molar-refractivity contribution is 5.71. The van der Waals surface area contributed by atoms with Crippen molar-refractivity contribution in [1.82, 2.24) is 0 Å². The third kappa shape index (κ3) is 41.6. The molecular formula is C48H92O6. The van der Waals surface area contributed by atoms with E-state index in [0.717, 1.165) is 69.6 Å².